The number of rotatable bonds is 4. The molecule has 1 aromatic carbocycles. The van der Waals surface area contributed by atoms with E-state index in [9.17, 15) is 13.5 Å². The Kier molecular flexibility index (Phi) is 5.07. The summed E-state index contributed by atoms with van der Waals surface area (Å²) in [6, 6.07) is 4.50. The van der Waals surface area contributed by atoms with Crippen molar-refractivity contribution in [3.05, 3.63) is 28.8 Å². The smallest absolute Gasteiger partial charge is 0.243 e. The lowest BCUT2D eigenvalue weighted by molar-refractivity contribution is 0.261. The van der Waals surface area contributed by atoms with E-state index in [1.807, 2.05) is 0 Å². The molecule has 1 atom stereocenters. The number of nitrogens with zero attached hydrogens (tertiary/aromatic N) is 1. The second-order valence-corrected chi connectivity index (χ2v) is 7.54. The predicted molar refractivity (Wildman–Crippen MR) is 79.1 cm³/mol. The summed E-state index contributed by atoms with van der Waals surface area (Å²) >= 11 is 5.91. The normalized spacial score (nSPS) is 21.1. The van der Waals surface area contributed by atoms with Crippen molar-refractivity contribution in [3.63, 3.8) is 0 Å². The van der Waals surface area contributed by atoms with Crippen molar-refractivity contribution >= 4 is 21.6 Å². The molecule has 4 nitrogen and oxygen atoms in total. The van der Waals surface area contributed by atoms with Gasteiger partial charge >= 0.3 is 0 Å². The van der Waals surface area contributed by atoms with Gasteiger partial charge in [0.25, 0.3) is 0 Å². The third kappa shape index (κ3) is 3.17. The highest BCUT2D eigenvalue weighted by atomic mass is 35.5. The highest BCUT2D eigenvalue weighted by molar-refractivity contribution is 7.89. The lowest BCUT2D eigenvalue weighted by Gasteiger charge is -2.31. The summed E-state index contributed by atoms with van der Waals surface area (Å²) in [5, 5.41) is 9.59. The number of sulfonamides is 1. The molecule has 2 rings (SSSR count). The lowest BCUT2D eigenvalue weighted by atomic mass is 9.97. The Bertz CT molecular complexity index is 574. The molecular weight excluding hydrogens is 298 g/mol. The van der Waals surface area contributed by atoms with Crippen LogP contribution in [-0.4, -0.2) is 30.9 Å². The van der Waals surface area contributed by atoms with Crippen LogP contribution in [0.5, 0.6) is 0 Å². The van der Waals surface area contributed by atoms with E-state index >= 15 is 0 Å². The summed E-state index contributed by atoms with van der Waals surface area (Å²) < 4.78 is 26.8. The van der Waals surface area contributed by atoms with E-state index in [1.54, 1.807) is 4.31 Å². The first-order valence-electron chi connectivity index (χ1n) is 6.88. The van der Waals surface area contributed by atoms with Crippen LogP contribution in [-0.2, 0) is 16.6 Å². The zero-order chi connectivity index (χ0) is 14.8. The second kappa shape index (κ2) is 6.43. The Morgan fingerprint density at radius 3 is 2.85 bits per heavy atom. The first-order valence-corrected chi connectivity index (χ1v) is 8.70. The van der Waals surface area contributed by atoms with Gasteiger partial charge in [0.05, 0.1) is 11.5 Å². The number of hydrogen-bond donors (Lipinski definition) is 1. The minimum Gasteiger partial charge on any atom is -0.392 e. The minimum absolute atomic E-state index is 0.211. The van der Waals surface area contributed by atoms with Crippen molar-refractivity contribution in [1.82, 2.24) is 4.31 Å². The van der Waals surface area contributed by atoms with Crippen LogP contribution < -0.4 is 0 Å². The van der Waals surface area contributed by atoms with Gasteiger partial charge in [0, 0.05) is 18.1 Å². The van der Waals surface area contributed by atoms with Crippen LogP contribution in [0.3, 0.4) is 0 Å². The molecule has 0 amide bonds. The molecule has 0 aromatic heterocycles. The summed E-state index contributed by atoms with van der Waals surface area (Å²) in [6.45, 7) is 2.97. The van der Waals surface area contributed by atoms with E-state index in [-0.39, 0.29) is 11.5 Å². The molecule has 20 heavy (non-hydrogen) atoms. The minimum atomic E-state index is -3.49. The fourth-order valence-electron chi connectivity index (χ4n) is 2.56. The van der Waals surface area contributed by atoms with E-state index in [4.69, 9.17) is 11.6 Å². The van der Waals surface area contributed by atoms with Gasteiger partial charge in [-0.15, -0.1) is 0 Å². The van der Waals surface area contributed by atoms with Crippen molar-refractivity contribution < 1.29 is 13.5 Å². The van der Waals surface area contributed by atoms with Crippen LogP contribution in [0.1, 0.15) is 31.7 Å². The maximum atomic E-state index is 12.6. The Balaban J connectivity index is 2.30. The standard InChI is InChI=1S/C14H20ClNO3S/c1-2-11-4-3-7-16(9-11)20(18,19)13-5-6-14(15)12(8-13)10-17/h5-6,8,11,17H,2-4,7,9-10H2,1H3. The predicted octanol–water partition coefficient (Wildman–Crippen LogP) is 2.64. The van der Waals surface area contributed by atoms with Gasteiger partial charge in [-0.05, 0) is 42.5 Å². The number of aliphatic hydroxyl groups is 1. The summed E-state index contributed by atoms with van der Waals surface area (Å²) in [6.07, 6.45) is 2.98. The lowest BCUT2D eigenvalue weighted by Crippen LogP contribution is -2.39. The first kappa shape index (κ1) is 15.8. The van der Waals surface area contributed by atoms with Gasteiger partial charge < -0.3 is 5.11 Å². The van der Waals surface area contributed by atoms with Crippen molar-refractivity contribution in [3.8, 4) is 0 Å². The number of hydrogen-bond acceptors (Lipinski definition) is 3. The average Bonchev–Trinajstić information content (AvgIpc) is 2.47. The van der Waals surface area contributed by atoms with Crippen molar-refractivity contribution in [1.29, 1.82) is 0 Å². The van der Waals surface area contributed by atoms with Crippen LogP contribution in [0.15, 0.2) is 23.1 Å². The number of aliphatic hydroxyl groups excluding tert-OH is 1. The van der Waals surface area contributed by atoms with Crippen molar-refractivity contribution in [2.24, 2.45) is 5.92 Å². The summed E-state index contributed by atoms with van der Waals surface area (Å²) in [5.74, 6) is 0.433. The fraction of sp³-hybridized carbons (Fsp3) is 0.571. The average molecular weight is 318 g/mol. The van der Waals surface area contributed by atoms with Crippen LogP contribution >= 0.6 is 11.6 Å². The van der Waals surface area contributed by atoms with Gasteiger partial charge in [-0.2, -0.15) is 4.31 Å². The molecule has 112 valence electrons. The quantitative estimate of drug-likeness (QED) is 0.928. The van der Waals surface area contributed by atoms with Gasteiger partial charge in [0.1, 0.15) is 0 Å². The second-order valence-electron chi connectivity index (χ2n) is 5.19. The summed E-state index contributed by atoms with van der Waals surface area (Å²) in [5.41, 5.74) is 0.441. The van der Waals surface area contributed by atoms with Crippen molar-refractivity contribution in [2.45, 2.75) is 37.7 Å². The summed E-state index contributed by atoms with van der Waals surface area (Å²) in [4.78, 5) is 0.211. The highest BCUT2D eigenvalue weighted by Crippen LogP contribution is 2.27. The maximum absolute atomic E-state index is 12.6. The van der Waals surface area contributed by atoms with E-state index < -0.39 is 10.0 Å². The Morgan fingerprint density at radius 2 is 2.20 bits per heavy atom. The van der Waals surface area contributed by atoms with Gasteiger partial charge in [-0.3, -0.25) is 0 Å². The molecule has 0 bridgehead atoms. The van der Waals surface area contributed by atoms with E-state index in [1.165, 1.54) is 18.2 Å². The largest absolute Gasteiger partial charge is 0.392 e. The Morgan fingerprint density at radius 1 is 1.45 bits per heavy atom. The van der Waals surface area contributed by atoms with Crippen LogP contribution in [0.2, 0.25) is 5.02 Å². The molecule has 1 heterocycles. The molecule has 1 aliphatic heterocycles. The SMILES string of the molecule is CCC1CCCN(S(=O)(=O)c2ccc(Cl)c(CO)c2)C1. The number of piperidine rings is 1. The zero-order valence-corrected chi connectivity index (χ0v) is 13.1. The van der Waals surface area contributed by atoms with Gasteiger partial charge in [0.15, 0.2) is 0 Å². The summed E-state index contributed by atoms with van der Waals surface area (Å²) in [7, 11) is -3.49. The van der Waals surface area contributed by atoms with E-state index in [0.717, 1.165) is 19.3 Å². The topological polar surface area (TPSA) is 57.6 Å². The third-order valence-electron chi connectivity index (χ3n) is 3.88. The molecule has 1 aromatic rings. The first-order chi connectivity index (χ1) is 9.48. The van der Waals surface area contributed by atoms with Crippen molar-refractivity contribution in [2.75, 3.05) is 13.1 Å². The molecule has 0 saturated carbocycles. The van der Waals surface area contributed by atoms with Gasteiger partial charge in [-0.25, -0.2) is 8.42 Å². The molecule has 1 unspecified atom stereocenters. The maximum Gasteiger partial charge on any atom is 0.243 e. The van der Waals surface area contributed by atoms with Crippen LogP contribution in [0.4, 0.5) is 0 Å². The number of benzene rings is 1. The van der Waals surface area contributed by atoms with Gasteiger partial charge in [-0.1, -0.05) is 24.9 Å². The Labute approximate surface area is 125 Å². The molecule has 1 fully saturated rings. The zero-order valence-electron chi connectivity index (χ0n) is 11.5. The highest BCUT2D eigenvalue weighted by Gasteiger charge is 2.29. The molecule has 0 spiro atoms. The molecule has 0 radical (unpaired) electrons. The fourth-order valence-corrected chi connectivity index (χ4v) is 4.34. The third-order valence-corrected chi connectivity index (χ3v) is 6.11. The number of halogens is 1. The van der Waals surface area contributed by atoms with E-state index in [2.05, 4.69) is 6.92 Å². The molecule has 1 aliphatic rings. The van der Waals surface area contributed by atoms with E-state index in [0.29, 0.717) is 29.6 Å². The molecule has 0 aliphatic carbocycles. The molecule has 1 saturated heterocycles. The Hall–Kier alpha value is -0.620. The molecule has 1 N–H and O–H groups in total. The van der Waals surface area contributed by atoms with Crippen LogP contribution in [0.25, 0.3) is 0 Å². The molecular formula is C14H20ClNO3S. The van der Waals surface area contributed by atoms with Gasteiger partial charge in [0.2, 0.25) is 10.0 Å². The molecule has 6 heteroatoms. The monoisotopic (exact) mass is 317 g/mol. The van der Waals surface area contributed by atoms with Crippen LogP contribution in [0, 0.1) is 5.92 Å².